The molecule has 1 aliphatic carbocycles. The van der Waals surface area contributed by atoms with Gasteiger partial charge in [-0.3, -0.25) is 9.59 Å². The lowest BCUT2D eigenvalue weighted by molar-refractivity contribution is -0.126. The number of alkyl halides is 2. The van der Waals surface area contributed by atoms with Crippen molar-refractivity contribution in [1.82, 2.24) is 15.1 Å². The van der Waals surface area contributed by atoms with Crippen LogP contribution in [0.15, 0.2) is 24.3 Å². The molecule has 3 aliphatic rings. The van der Waals surface area contributed by atoms with Crippen LogP contribution < -0.4 is 10.1 Å². The number of nitrogens with one attached hydrogen (secondary N) is 1. The Labute approximate surface area is 219 Å². The summed E-state index contributed by atoms with van der Waals surface area (Å²) in [5, 5.41) is 7.61. The molecule has 2 fully saturated rings. The highest BCUT2D eigenvalue weighted by Gasteiger charge is 2.42. The number of benzene rings is 1. The van der Waals surface area contributed by atoms with Crippen molar-refractivity contribution in [2.75, 3.05) is 24.7 Å². The minimum atomic E-state index is -3.19. The molecule has 0 bridgehead atoms. The molecule has 38 heavy (non-hydrogen) atoms. The van der Waals surface area contributed by atoms with Gasteiger partial charge in [-0.2, -0.15) is 13.9 Å². The van der Waals surface area contributed by atoms with Crippen LogP contribution in [0.2, 0.25) is 0 Å². The van der Waals surface area contributed by atoms with Gasteiger partial charge in [0.05, 0.1) is 28.4 Å². The van der Waals surface area contributed by atoms with Crippen LogP contribution in [0.25, 0.3) is 11.3 Å². The number of hydrogen-bond donors (Lipinski definition) is 1. The van der Waals surface area contributed by atoms with Gasteiger partial charge < -0.3 is 14.8 Å². The quantitative estimate of drug-likeness (QED) is 0.587. The third-order valence-corrected chi connectivity index (χ3v) is 9.59. The van der Waals surface area contributed by atoms with Crippen LogP contribution in [0.3, 0.4) is 0 Å². The Morgan fingerprint density at radius 1 is 1.21 bits per heavy atom. The molecular formula is C26H31F2N3O6S. The van der Waals surface area contributed by atoms with Crippen molar-refractivity contribution in [3.8, 4) is 17.0 Å². The summed E-state index contributed by atoms with van der Waals surface area (Å²) in [4.78, 5) is 26.8. The number of halogens is 2. The van der Waals surface area contributed by atoms with Crippen molar-refractivity contribution in [2.24, 2.45) is 11.8 Å². The Kier molecular flexibility index (Phi) is 7.29. The monoisotopic (exact) mass is 551 g/mol. The van der Waals surface area contributed by atoms with E-state index in [-0.39, 0.29) is 41.4 Å². The molecule has 3 heterocycles. The number of aromatic nitrogens is 2. The maximum atomic E-state index is 13.6. The molecule has 2 aliphatic heterocycles. The predicted octanol–water partition coefficient (Wildman–Crippen LogP) is 3.02. The van der Waals surface area contributed by atoms with Crippen molar-refractivity contribution >= 4 is 21.7 Å². The number of hydrogen-bond acceptors (Lipinski definition) is 7. The molecule has 9 nitrogen and oxygen atoms in total. The van der Waals surface area contributed by atoms with Gasteiger partial charge in [0.1, 0.15) is 5.75 Å². The molecular weight excluding hydrogens is 520 g/mol. The van der Waals surface area contributed by atoms with E-state index >= 15 is 0 Å². The zero-order valence-corrected chi connectivity index (χ0v) is 21.9. The number of amides is 1. The van der Waals surface area contributed by atoms with Crippen molar-refractivity contribution < 1.29 is 36.3 Å². The first-order chi connectivity index (χ1) is 18.0. The molecule has 0 saturated carbocycles. The summed E-state index contributed by atoms with van der Waals surface area (Å²) in [5.74, 6) is -1.20. The third kappa shape index (κ3) is 5.61. The van der Waals surface area contributed by atoms with E-state index in [0.717, 1.165) is 5.56 Å². The molecule has 1 aromatic heterocycles. The molecule has 2 saturated heterocycles. The molecule has 5 rings (SSSR count). The molecule has 2 atom stereocenters. The second-order valence-electron chi connectivity index (χ2n) is 10.6. The van der Waals surface area contributed by atoms with Gasteiger partial charge >= 0.3 is 6.61 Å². The normalized spacial score (nSPS) is 25.2. The van der Waals surface area contributed by atoms with Crippen LogP contribution in [0, 0.1) is 11.8 Å². The predicted molar refractivity (Wildman–Crippen MR) is 134 cm³/mol. The maximum Gasteiger partial charge on any atom is 0.387 e. The molecule has 1 aromatic carbocycles. The highest BCUT2D eigenvalue weighted by Crippen LogP contribution is 2.36. The van der Waals surface area contributed by atoms with Crippen LogP contribution in [0.4, 0.5) is 8.78 Å². The Hall–Kier alpha value is -2.86. The third-order valence-electron chi connectivity index (χ3n) is 7.68. The smallest absolute Gasteiger partial charge is 0.387 e. The van der Waals surface area contributed by atoms with E-state index in [1.165, 1.54) is 16.8 Å². The van der Waals surface area contributed by atoms with Gasteiger partial charge in [-0.25, -0.2) is 13.1 Å². The lowest BCUT2D eigenvalue weighted by Gasteiger charge is -2.29. The fourth-order valence-corrected chi connectivity index (χ4v) is 7.79. The number of nitrogens with zero attached hydrogens (tertiary/aromatic N) is 2. The summed E-state index contributed by atoms with van der Waals surface area (Å²) in [6.45, 7) is -0.268. The first-order valence-corrected chi connectivity index (χ1v) is 14.7. The van der Waals surface area contributed by atoms with Crippen LogP contribution in [-0.2, 0) is 32.2 Å². The van der Waals surface area contributed by atoms with Crippen LogP contribution in [0.1, 0.15) is 48.7 Å². The SMILES string of the molecule is C[C@]1(NC(=O)C2CCc3c(-c4cccc(OC(F)F)c4)nn(C(=O)C4CCOCC4)c3C2)CCS(=O)(=O)C1. The van der Waals surface area contributed by atoms with Crippen molar-refractivity contribution in [2.45, 2.75) is 57.6 Å². The van der Waals surface area contributed by atoms with Crippen LogP contribution >= 0.6 is 0 Å². The number of ether oxygens (including phenoxy) is 2. The molecule has 206 valence electrons. The topological polar surface area (TPSA) is 117 Å². The molecule has 0 spiro atoms. The molecule has 1 N–H and O–H groups in total. The number of sulfone groups is 1. The highest BCUT2D eigenvalue weighted by atomic mass is 32.2. The van der Waals surface area contributed by atoms with E-state index in [9.17, 15) is 26.8 Å². The Bertz CT molecular complexity index is 1340. The summed E-state index contributed by atoms with van der Waals surface area (Å²) in [6.07, 6.45) is 2.70. The summed E-state index contributed by atoms with van der Waals surface area (Å²) in [6, 6.07) is 6.22. The maximum absolute atomic E-state index is 13.6. The fraction of sp³-hybridized carbons (Fsp3) is 0.577. The number of carbonyl (C=O) groups excluding carboxylic acids is 2. The number of fused-ring (bicyclic) bond motifs is 1. The first kappa shape index (κ1) is 26.7. The molecule has 12 heteroatoms. The van der Waals surface area contributed by atoms with Gasteiger partial charge in [0.25, 0.3) is 0 Å². The van der Waals surface area contributed by atoms with Crippen LogP contribution in [-0.4, -0.2) is 66.9 Å². The van der Waals surface area contributed by atoms with Gasteiger partial charge in [-0.15, -0.1) is 0 Å². The van der Waals surface area contributed by atoms with Gasteiger partial charge in [-0.1, -0.05) is 12.1 Å². The average molecular weight is 552 g/mol. The van der Waals surface area contributed by atoms with E-state index in [1.807, 2.05) is 0 Å². The zero-order chi connectivity index (χ0) is 27.1. The van der Waals surface area contributed by atoms with E-state index in [2.05, 4.69) is 15.2 Å². The minimum Gasteiger partial charge on any atom is -0.435 e. The number of rotatable bonds is 6. The largest absolute Gasteiger partial charge is 0.435 e. The lowest BCUT2D eigenvalue weighted by Crippen LogP contribution is -2.50. The van der Waals surface area contributed by atoms with E-state index in [0.29, 0.717) is 62.3 Å². The second kappa shape index (κ2) is 10.4. The Morgan fingerprint density at radius 2 is 1.97 bits per heavy atom. The minimum absolute atomic E-state index is 0.00983. The van der Waals surface area contributed by atoms with Crippen molar-refractivity contribution in [3.63, 3.8) is 0 Å². The molecule has 1 amide bonds. The zero-order valence-electron chi connectivity index (χ0n) is 21.1. The highest BCUT2D eigenvalue weighted by molar-refractivity contribution is 7.91. The molecule has 2 aromatic rings. The first-order valence-electron chi connectivity index (χ1n) is 12.8. The molecule has 1 unspecified atom stereocenters. The summed E-state index contributed by atoms with van der Waals surface area (Å²) in [5.41, 5.74) is 1.67. The van der Waals surface area contributed by atoms with Gasteiger partial charge in [0, 0.05) is 42.6 Å². The molecule has 0 radical (unpaired) electrons. The van der Waals surface area contributed by atoms with Crippen molar-refractivity contribution in [3.05, 3.63) is 35.5 Å². The summed E-state index contributed by atoms with van der Waals surface area (Å²) in [7, 11) is -3.19. The lowest BCUT2D eigenvalue weighted by atomic mass is 9.84. The summed E-state index contributed by atoms with van der Waals surface area (Å²) < 4.78 is 61.0. The van der Waals surface area contributed by atoms with E-state index in [1.54, 1.807) is 19.1 Å². The summed E-state index contributed by atoms with van der Waals surface area (Å²) >= 11 is 0. The van der Waals surface area contributed by atoms with E-state index < -0.39 is 27.9 Å². The Balaban J connectivity index is 1.46. The number of carbonyl (C=O) groups is 2. The second-order valence-corrected chi connectivity index (χ2v) is 12.8. The van der Waals surface area contributed by atoms with E-state index in [4.69, 9.17) is 4.74 Å². The van der Waals surface area contributed by atoms with Crippen LogP contribution in [0.5, 0.6) is 5.75 Å². The van der Waals surface area contributed by atoms with Crippen molar-refractivity contribution in [1.29, 1.82) is 0 Å². The van der Waals surface area contributed by atoms with Gasteiger partial charge in [0.15, 0.2) is 9.84 Å². The van der Waals surface area contributed by atoms with Gasteiger partial charge in [0.2, 0.25) is 11.8 Å². The van der Waals surface area contributed by atoms with Gasteiger partial charge in [-0.05, 0) is 51.2 Å². The average Bonchev–Trinajstić information content (AvgIpc) is 3.39. The standard InChI is InChI=1S/C26H31F2N3O6S/c1-26(9-12-38(34,35)15-26)29-23(32)18-5-6-20-21(14-18)31(24(33)16-7-10-36-11-8-16)30-22(20)17-3-2-4-19(13-17)37-25(27)28/h2-4,13,16,18,25H,5-12,14-15H2,1H3,(H,29,32)/t18?,26-/m0/s1. The Morgan fingerprint density at radius 3 is 2.66 bits per heavy atom. The fourth-order valence-electron chi connectivity index (χ4n) is 5.70.